The molecule has 0 radical (unpaired) electrons. The Labute approximate surface area is 179 Å². The molecule has 1 aliphatic rings. The van der Waals surface area contributed by atoms with Crippen LogP contribution in [0.25, 0.3) is 0 Å². The third-order valence-electron chi connectivity index (χ3n) is 7.52. The van der Waals surface area contributed by atoms with Crippen LogP contribution < -0.4 is 0 Å². The molecule has 0 saturated heterocycles. The molecule has 2 heteroatoms. The molecule has 1 aromatic carbocycles. The van der Waals surface area contributed by atoms with Gasteiger partial charge < -0.3 is 4.74 Å². The summed E-state index contributed by atoms with van der Waals surface area (Å²) >= 11 is 0. The van der Waals surface area contributed by atoms with Gasteiger partial charge in [0.15, 0.2) is 0 Å². The maximum absolute atomic E-state index is 13.1. The van der Waals surface area contributed by atoms with E-state index in [1.165, 1.54) is 24.8 Å². The first-order valence-corrected chi connectivity index (χ1v) is 11.9. The number of benzene rings is 1. The first kappa shape index (κ1) is 24.0. The molecule has 0 aromatic heterocycles. The van der Waals surface area contributed by atoms with Crippen LogP contribution in [0, 0.1) is 10.8 Å². The number of carbonyl (C=O) groups is 1. The van der Waals surface area contributed by atoms with Crippen molar-refractivity contribution in [3.63, 3.8) is 0 Å². The number of ether oxygens (including phenoxy) is 1. The van der Waals surface area contributed by atoms with Gasteiger partial charge in [0.2, 0.25) is 0 Å². The Morgan fingerprint density at radius 2 is 1.66 bits per heavy atom. The minimum atomic E-state index is -0.252. The van der Waals surface area contributed by atoms with E-state index in [0.717, 1.165) is 44.1 Å². The van der Waals surface area contributed by atoms with Crippen molar-refractivity contribution in [3.05, 3.63) is 35.4 Å². The van der Waals surface area contributed by atoms with Gasteiger partial charge in [0.25, 0.3) is 0 Å². The topological polar surface area (TPSA) is 26.3 Å². The smallest absolute Gasteiger partial charge is 0.338 e. The highest BCUT2D eigenvalue weighted by Gasteiger charge is 2.37. The van der Waals surface area contributed by atoms with E-state index in [1.807, 2.05) is 12.1 Å². The average Bonchev–Trinajstić information content (AvgIpc) is 2.71. The molecule has 1 saturated carbocycles. The number of hydrogen-bond donors (Lipinski definition) is 0. The van der Waals surface area contributed by atoms with E-state index in [1.54, 1.807) is 0 Å². The SMILES string of the molecule is CCC1(OC(=O)c2cccc(C(CC(C)(C)C)C(C)(CC)CC)c2)CCCCC1. The molecule has 0 spiro atoms. The quantitative estimate of drug-likeness (QED) is 0.410. The van der Waals surface area contributed by atoms with Crippen molar-refractivity contribution in [2.24, 2.45) is 10.8 Å². The molecule has 0 heterocycles. The minimum Gasteiger partial charge on any atom is -0.455 e. The second kappa shape index (κ2) is 9.67. The third-order valence-corrected chi connectivity index (χ3v) is 7.52. The molecule has 1 unspecified atom stereocenters. The lowest BCUT2D eigenvalue weighted by Crippen LogP contribution is -2.36. The Bertz CT molecular complexity index is 657. The monoisotopic (exact) mass is 400 g/mol. The lowest BCUT2D eigenvalue weighted by molar-refractivity contribution is -0.0397. The molecule has 164 valence electrons. The third kappa shape index (κ3) is 6.09. The van der Waals surface area contributed by atoms with Gasteiger partial charge in [-0.3, -0.25) is 0 Å². The highest BCUT2D eigenvalue weighted by molar-refractivity contribution is 5.90. The van der Waals surface area contributed by atoms with Gasteiger partial charge in [0.05, 0.1) is 5.56 Å². The van der Waals surface area contributed by atoms with Gasteiger partial charge in [-0.1, -0.05) is 79.9 Å². The molecule has 0 bridgehead atoms. The molecule has 0 aliphatic heterocycles. The Hall–Kier alpha value is -1.31. The highest BCUT2D eigenvalue weighted by Crippen LogP contribution is 2.47. The largest absolute Gasteiger partial charge is 0.455 e. The summed E-state index contributed by atoms with van der Waals surface area (Å²) < 4.78 is 6.15. The van der Waals surface area contributed by atoms with E-state index in [0.29, 0.717) is 5.92 Å². The van der Waals surface area contributed by atoms with Gasteiger partial charge in [0, 0.05) is 0 Å². The van der Waals surface area contributed by atoms with E-state index < -0.39 is 0 Å². The first-order valence-electron chi connectivity index (χ1n) is 11.9. The summed E-state index contributed by atoms with van der Waals surface area (Å²) in [5, 5.41) is 0. The van der Waals surface area contributed by atoms with Crippen LogP contribution in [0.1, 0.15) is 128 Å². The maximum Gasteiger partial charge on any atom is 0.338 e. The Kier molecular flexibility index (Phi) is 7.99. The zero-order valence-electron chi connectivity index (χ0n) is 20.1. The predicted molar refractivity (Wildman–Crippen MR) is 123 cm³/mol. The van der Waals surface area contributed by atoms with Crippen LogP contribution >= 0.6 is 0 Å². The molecule has 2 nitrogen and oxygen atoms in total. The van der Waals surface area contributed by atoms with E-state index >= 15 is 0 Å². The summed E-state index contributed by atoms with van der Waals surface area (Å²) in [5.41, 5.74) is 2.21. The fourth-order valence-corrected chi connectivity index (χ4v) is 4.98. The van der Waals surface area contributed by atoms with Gasteiger partial charge in [0.1, 0.15) is 5.60 Å². The summed E-state index contributed by atoms with van der Waals surface area (Å²) in [4.78, 5) is 13.1. The summed E-state index contributed by atoms with van der Waals surface area (Å²) in [6.07, 6.45) is 9.90. The highest BCUT2D eigenvalue weighted by atomic mass is 16.6. The summed E-state index contributed by atoms with van der Waals surface area (Å²) in [5.74, 6) is 0.292. The Balaban J connectivity index is 2.32. The molecule has 29 heavy (non-hydrogen) atoms. The van der Waals surface area contributed by atoms with Crippen molar-refractivity contribution in [2.45, 2.75) is 118 Å². The molecule has 2 rings (SSSR count). The van der Waals surface area contributed by atoms with Crippen LogP contribution in [-0.4, -0.2) is 11.6 Å². The summed E-state index contributed by atoms with van der Waals surface area (Å²) in [7, 11) is 0. The first-order chi connectivity index (χ1) is 13.6. The van der Waals surface area contributed by atoms with Crippen molar-refractivity contribution >= 4 is 5.97 Å². The zero-order chi connectivity index (χ0) is 21.7. The zero-order valence-corrected chi connectivity index (χ0v) is 20.1. The number of esters is 1. The van der Waals surface area contributed by atoms with Crippen molar-refractivity contribution < 1.29 is 9.53 Å². The predicted octanol–water partition coefficient (Wildman–Crippen LogP) is 8.30. The van der Waals surface area contributed by atoms with Crippen molar-refractivity contribution in [1.29, 1.82) is 0 Å². The number of carbonyl (C=O) groups excluding carboxylic acids is 1. The fourth-order valence-electron chi connectivity index (χ4n) is 4.98. The average molecular weight is 401 g/mol. The normalized spacial score (nSPS) is 18.3. The summed E-state index contributed by atoms with van der Waals surface area (Å²) in [6, 6.07) is 8.32. The van der Waals surface area contributed by atoms with E-state index in [4.69, 9.17) is 4.74 Å². The van der Waals surface area contributed by atoms with Crippen LogP contribution in [-0.2, 0) is 4.74 Å². The summed E-state index contributed by atoms with van der Waals surface area (Å²) in [6.45, 7) is 16.1. The molecule has 0 amide bonds. The lowest BCUT2D eigenvalue weighted by Gasteiger charge is -2.40. The van der Waals surface area contributed by atoms with Gasteiger partial charge in [-0.15, -0.1) is 0 Å². The standard InChI is InChI=1S/C27H44O2/c1-8-26(7,9-2)23(20-25(4,5)6)21-15-14-16-22(19-21)24(28)29-27(10-3)17-12-11-13-18-27/h14-16,19,23H,8-13,17-18,20H2,1-7H3. The Morgan fingerprint density at radius 3 is 2.17 bits per heavy atom. The van der Waals surface area contributed by atoms with Crippen molar-refractivity contribution in [3.8, 4) is 0 Å². The van der Waals surface area contributed by atoms with Gasteiger partial charge >= 0.3 is 5.97 Å². The number of rotatable bonds is 8. The second-order valence-corrected chi connectivity index (χ2v) is 10.8. The number of hydrogen-bond acceptors (Lipinski definition) is 2. The van der Waals surface area contributed by atoms with E-state index in [-0.39, 0.29) is 22.4 Å². The van der Waals surface area contributed by atoms with Crippen molar-refractivity contribution in [1.82, 2.24) is 0 Å². The van der Waals surface area contributed by atoms with Gasteiger partial charge in [-0.2, -0.15) is 0 Å². The molecular formula is C27H44O2. The van der Waals surface area contributed by atoms with E-state index in [9.17, 15) is 4.79 Å². The molecule has 0 N–H and O–H groups in total. The minimum absolute atomic E-state index is 0.139. The molecular weight excluding hydrogens is 356 g/mol. The van der Waals surface area contributed by atoms with Gasteiger partial charge in [-0.05, 0) is 73.0 Å². The lowest BCUT2D eigenvalue weighted by atomic mass is 9.64. The van der Waals surface area contributed by atoms with Crippen LogP contribution in [0.5, 0.6) is 0 Å². The Morgan fingerprint density at radius 1 is 1.03 bits per heavy atom. The van der Waals surface area contributed by atoms with Crippen LogP contribution in [0.15, 0.2) is 24.3 Å². The second-order valence-electron chi connectivity index (χ2n) is 10.8. The maximum atomic E-state index is 13.1. The fraction of sp³-hybridized carbons (Fsp3) is 0.741. The van der Waals surface area contributed by atoms with Crippen molar-refractivity contribution in [2.75, 3.05) is 0 Å². The van der Waals surface area contributed by atoms with Gasteiger partial charge in [-0.25, -0.2) is 4.79 Å². The molecule has 1 fully saturated rings. The van der Waals surface area contributed by atoms with Crippen LogP contribution in [0.4, 0.5) is 0 Å². The molecule has 1 atom stereocenters. The van der Waals surface area contributed by atoms with E-state index in [2.05, 4.69) is 60.6 Å². The van der Waals surface area contributed by atoms with Crippen LogP contribution in [0.2, 0.25) is 0 Å². The van der Waals surface area contributed by atoms with Crippen LogP contribution in [0.3, 0.4) is 0 Å². The molecule has 1 aromatic rings. The molecule has 1 aliphatic carbocycles.